The van der Waals surface area contributed by atoms with Crippen molar-refractivity contribution in [3.8, 4) is 0 Å². The maximum atomic E-state index is 9.25. The third-order valence-electron chi connectivity index (χ3n) is 3.90. The van der Waals surface area contributed by atoms with Crippen LogP contribution in [0.25, 0.3) is 0 Å². The van der Waals surface area contributed by atoms with Crippen molar-refractivity contribution in [2.45, 2.75) is 33.4 Å². The zero-order valence-electron chi connectivity index (χ0n) is 12.1. The molecule has 2 heterocycles. The van der Waals surface area contributed by atoms with E-state index < -0.39 is 0 Å². The van der Waals surface area contributed by atoms with Crippen LogP contribution in [-0.4, -0.2) is 52.6 Å². The molecule has 1 aliphatic rings. The van der Waals surface area contributed by atoms with Crippen LogP contribution in [0.15, 0.2) is 12.4 Å². The van der Waals surface area contributed by atoms with E-state index in [1.807, 2.05) is 10.9 Å². The molecule has 5 nitrogen and oxygen atoms in total. The summed E-state index contributed by atoms with van der Waals surface area (Å²) in [5.41, 5.74) is 1.56. The van der Waals surface area contributed by atoms with Crippen molar-refractivity contribution in [1.29, 1.82) is 0 Å². The van der Waals surface area contributed by atoms with Gasteiger partial charge in [0.25, 0.3) is 0 Å². The number of nitrogens with one attached hydrogen (secondary N) is 1. The SMILES string of the molecule is CCn1cc(CN(CCO)CC2(C)CCNC2)cn1. The Bertz CT molecular complexity index is 385. The van der Waals surface area contributed by atoms with Gasteiger partial charge in [0, 0.05) is 44.5 Å². The maximum absolute atomic E-state index is 9.25. The molecule has 2 N–H and O–H groups in total. The van der Waals surface area contributed by atoms with E-state index in [1.54, 1.807) is 0 Å². The molecule has 1 aliphatic heterocycles. The first-order valence-corrected chi connectivity index (χ1v) is 7.20. The summed E-state index contributed by atoms with van der Waals surface area (Å²) in [5, 5.41) is 17.0. The molecule has 0 radical (unpaired) electrons. The second-order valence-corrected chi connectivity index (χ2v) is 5.88. The highest BCUT2D eigenvalue weighted by Crippen LogP contribution is 2.26. The standard InChI is InChI=1S/C14H26N4O/c1-3-18-10-13(8-16-18)9-17(6-7-19)12-14(2)4-5-15-11-14/h8,10,15,19H,3-7,9,11-12H2,1-2H3. The van der Waals surface area contributed by atoms with Crippen LogP contribution in [0.3, 0.4) is 0 Å². The molecular formula is C14H26N4O. The van der Waals surface area contributed by atoms with Gasteiger partial charge in [-0.1, -0.05) is 6.92 Å². The van der Waals surface area contributed by atoms with Crippen LogP contribution in [0.1, 0.15) is 25.8 Å². The van der Waals surface area contributed by atoms with Gasteiger partial charge in [0.15, 0.2) is 0 Å². The zero-order chi connectivity index (χ0) is 13.7. The molecule has 0 spiro atoms. The fourth-order valence-corrected chi connectivity index (χ4v) is 2.82. The van der Waals surface area contributed by atoms with E-state index in [-0.39, 0.29) is 6.61 Å². The molecule has 1 atom stereocenters. The summed E-state index contributed by atoms with van der Waals surface area (Å²) in [7, 11) is 0. The van der Waals surface area contributed by atoms with Crippen molar-refractivity contribution >= 4 is 0 Å². The Labute approximate surface area is 115 Å². The van der Waals surface area contributed by atoms with E-state index in [0.29, 0.717) is 5.41 Å². The molecule has 1 saturated heterocycles. The molecule has 5 heteroatoms. The number of hydrogen-bond donors (Lipinski definition) is 2. The van der Waals surface area contributed by atoms with Gasteiger partial charge in [0.05, 0.1) is 12.8 Å². The van der Waals surface area contributed by atoms with Gasteiger partial charge in [-0.15, -0.1) is 0 Å². The monoisotopic (exact) mass is 266 g/mol. The minimum Gasteiger partial charge on any atom is -0.395 e. The topological polar surface area (TPSA) is 53.3 Å². The molecule has 0 aromatic carbocycles. The minimum absolute atomic E-state index is 0.214. The second-order valence-electron chi connectivity index (χ2n) is 5.88. The molecule has 1 fully saturated rings. The van der Waals surface area contributed by atoms with Crippen molar-refractivity contribution in [3.63, 3.8) is 0 Å². The number of hydrogen-bond acceptors (Lipinski definition) is 4. The molecule has 0 aliphatic carbocycles. The van der Waals surface area contributed by atoms with Crippen LogP contribution in [0, 0.1) is 5.41 Å². The van der Waals surface area contributed by atoms with E-state index in [1.165, 1.54) is 12.0 Å². The molecule has 1 aromatic rings. The summed E-state index contributed by atoms with van der Waals surface area (Å²) in [5.74, 6) is 0. The van der Waals surface area contributed by atoms with E-state index >= 15 is 0 Å². The highest BCUT2D eigenvalue weighted by atomic mass is 16.3. The molecule has 19 heavy (non-hydrogen) atoms. The lowest BCUT2D eigenvalue weighted by Gasteiger charge is -2.31. The van der Waals surface area contributed by atoms with Gasteiger partial charge < -0.3 is 10.4 Å². The van der Waals surface area contributed by atoms with Crippen molar-refractivity contribution in [2.75, 3.05) is 32.8 Å². The Balaban J connectivity index is 1.95. The summed E-state index contributed by atoms with van der Waals surface area (Å²) in [6.07, 6.45) is 5.24. The first kappa shape index (κ1) is 14.5. The van der Waals surface area contributed by atoms with Crippen LogP contribution in [0.2, 0.25) is 0 Å². The van der Waals surface area contributed by atoms with Crippen molar-refractivity contribution < 1.29 is 5.11 Å². The third kappa shape index (κ3) is 4.03. The average Bonchev–Trinajstić information content (AvgIpc) is 2.99. The smallest absolute Gasteiger partial charge is 0.0558 e. The predicted octanol–water partition coefficient (Wildman–Crippen LogP) is 0.697. The molecule has 1 aromatic heterocycles. The van der Waals surface area contributed by atoms with E-state index in [2.05, 4.69) is 35.4 Å². The second kappa shape index (κ2) is 6.50. The van der Waals surface area contributed by atoms with E-state index in [9.17, 15) is 5.11 Å². The van der Waals surface area contributed by atoms with Crippen molar-refractivity contribution in [1.82, 2.24) is 20.0 Å². The van der Waals surface area contributed by atoms with Crippen LogP contribution >= 0.6 is 0 Å². The number of nitrogens with zero attached hydrogens (tertiary/aromatic N) is 3. The zero-order valence-corrected chi connectivity index (χ0v) is 12.1. The number of aromatic nitrogens is 2. The van der Waals surface area contributed by atoms with Gasteiger partial charge in [-0.05, 0) is 25.3 Å². The fourth-order valence-electron chi connectivity index (χ4n) is 2.82. The summed E-state index contributed by atoms with van der Waals surface area (Å²) >= 11 is 0. The Morgan fingerprint density at radius 2 is 2.42 bits per heavy atom. The molecular weight excluding hydrogens is 240 g/mol. The van der Waals surface area contributed by atoms with Gasteiger partial charge in [0.1, 0.15) is 0 Å². The molecule has 0 amide bonds. The Morgan fingerprint density at radius 3 is 3.00 bits per heavy atom. The highest BCUT2D eigenvalue weighted by Gasteiger charge is 2.30. The Kier molecular flexibility index (Phi) is 4.96. The van der Waals surface area contributed by atoms with Crippen molar-refractivity contribution in [3.05, 3.63) is 18.0 Å². The largest absolute Gasteiger partial charge is 0.395 e. The highest BCUT2D eigenvalue weighted by molar-refractivity contribution is 5.04. The number of aryl methyl sites for hydroxylation is 1. The van der Waals surface area contributed by atoms with E-state index in [0.717, 1.165) is 39.3 Å². The first-order valence-electron chi connectivity index (χ1n) is 7.20. The lowest BCUT2D eigenvalue weighted by atomic mass is 9.89. The Morgan fingerprint density at radius 1 is 1.58 bits per heavy atom. The summed E-state index contributed by atoms with van der Waals surface area (Å²) in [4.78, 5) is 2.34. The molecule has 0 bridgehead atoms. The molecule has 108 valence electrons. The number of aliphatic hydroxyl groups excluding tert-OH is 1. The van der Waals surface area contributed by atoms with Gasteiger partial charge in [-0.2, -0.15) is 5.10 Å². The van der Waals surface area contributed by atoms with Gasteiger partial charge in [-0.25, -0.2) is 0 Å². The third-order valence-corrected chi connectivity index (χ3v) is 3.90. The Hall–Kier alpha value is -0.910. The van der Waals surface area contributed by atoms with Gasteiger partial charge in [0.2, 0.25) is 0 Å². The lowest BCUT2D eigenvalue weighted by Crippen LogP contribution is -2.38. The van der Waals surface area contributed by atoms with E-state index in [4.69, 9.17) is 0 Å². The lowest BCUT2D eigenvalue weighted by molar-refractivity contribution is 0.137. The van der Waals surface area contributed by atoms with Gasteiger partial charge in [-0.3, -0.25) is 9.58 Å². The quantitative estimate of drug-likeness (QED) is 0.763. The fraction of sp³-hybridized carbons (Fsp3) is 0.786. The van der Waals surface area contributed by atoms with Crippen LogP contribution in [0.5, 0.6) is 0 Å². The van der Waals surface area contributed by atoms with Crippen LogP contribution in [-0.2, 0) is 13.1 Å². The van der Waals surface area contributed by atoms with Crippen molar-refractivity contribution in [2.24, 2.45) is 5.41 Å². The van der Waals surface area contributed by atoms with Crippen LogP contribution in [0.4, 0.5) is 0 Å². The average molecular weight is 266 g/mol. The predicted molar refractivity (Wildman–Crippen MR) is 75.9 cm³/mol. The maximum Gasteiger partial charge on any atom is 0.0558 e. The number of rotatable bonds is 7. The minimum atomic E-state index is 0.214. The molecule has 0 saturated carbocycles. The first-order chi connectivity index (χ1) is 9.15. The normalized spacial score (nSPS) is 23.4. The summed E-state index contributed by atoms with van der Waals surface area (Å²) in [6, 6.07) is 0. The summed E-state index contributed by atoms with van der Waals surface area (Å²) in [6.45, 7) is 10.3. The molecule has 1 unspecified atom stereocenters. The number of aliphatic hydroxyl groups is 1. The van der Waals surface area contributed by atoms with Gasteiger partial charge >= 0.3 is 0 Å². The van der Waals surface area contributed by atoms with Crippen LogP contribution < -0.4 is 5.32 Å². The summed E-state index contributed by atoms with van der Waals surface area (Å²) < 4.78 is 1.95. The molecule has 2 rings (SSSR count).